The summed E-state index contributed by atoms with van der Waals surface area (Å²) in [6, 6.07) is 0. The molecule has 0 saturated carbocycles. The minimum atomic E-state index is -4.96. The van der Waals surface area contributed by atoms with E-state index in [1.165, 1.54) is 231 Å². The van der Waals surface area contributed by atoms with Crippen molar-refractivity contribution in [2.75, 3.05) is 39.6 Å². The Bertz CT molecular complexity index is 1940. The lowest BCUT2D eigenvalue weighted by Gasteiger charge is -2.21. The van der Waals surface area contributed by atoms with Gasteiger partial charge in [-0.3, -0.25) is 37.3 Å². The molecule has 0 saturated heterocycles. The van der Waals surface area contributed by atoms with Crippen molar-refractivity contribution in [2.45, 2.75) is 439 Å². The number of carbonyl (C=O) groups is 4. The first-order chi connectivity index (χ1) is 48.2. The Labute approximate surface area is 613 Å². The van der Waals surface area contributed by atoms with Crippen molar-refractivity contribution in [3.8, 4) is 0 Å². The van der Waals surface area contributed by atoms with Gasteiger partial charge in [0.05, 0.1) is 26.4 Å². The minimum absolute atomic E-state index is 0.106. The molecule has 0 aliphatic rings. The highest BCUT2D eigenvalue weighted by Gasteiger charge is 2.30. The fraction of sp³-hybridized carbons (Fsp3) is 0.951. The molecule has 19 heteroatoms. The Hall–Kier alpha value is -1.94. The van der Waals surface area contributed by atoms with Gasteiger partial charge in [-0.15, -0.1) is 0 Å². The SMILES string of the molecule is CCCCCCCCCCCCCCCCCCCCCCCC(=O)O[C@H](COC(=O)CCCCCCCCCCCCCC(C)C)COP(=O)(O)OC[C@@H](O)COP(=O)(O)OC[C@@H](COC(=O)CCCCCCCCCCC(C)C)OC(=O)CCCCCCCCCCCCCC(C)C. The zero-order chi connectivity index (χ0) is 73.7. The zero-order valence-electron chi connectivity index (χ0n) is 65.7. The molecule has 0 fully saturated rings. The first kappa shape index (κ1) is 98.1. The number of rotatable bonds is 79. The van der Waals surface area contributed by atoms with Crippen LogP contribution < -0.4 is 0 Å². The van der Waals surface area contributed by atoms with Crippen LogP contribution in [0.1, 0.15) is 421 Å². The smallest absolute Gasteiger partial charge is 0.462 e. The average Bonchev–Trinajstić information content (AvgIpc) is 0.937. The van der Waals surface area contributed by atoms with Gasteiger partial charge in [-0.2, -0.15) is 0 Å². The third-order valence-corrected chi connectivity index (χ3v) is 20.8. The number of aliphatic hydroxyl groups excluding tert-OH is 1. The monoisotopic (exact) mass is 1470 g/mol. The van der Waals surface area contributed by atoms with Crippen LogP contribution in [0.2, 0.25) is 0 Å². The van der Waals surface area contributed by atoms with Gasteiger partial charge in [-0.1, -0.05) is 370 Å². The van der Waals surface area contributed by atoms with Gasteiger partial charge >= 0.3 is 39.5 Å². The van der Waals surface area contributed by atoms with E-state index in [4.69, 9.17) is 37.0 Å². The summed E-state index contributed by atoms with van der Waals surface area (Å²) in [5.74, 6) is 0.150. The van der Waals surface area contributed by atoms with Crippen LogP contribution in [0.25, 0.3) is 0 Å². The van der Waals surface area contributed by atoms with E-state index in [0.29, 0.717) is 25.7 Å². The van der Waals surface area contributed by atoms with Crippen molar-refractivity contribution in [3.05, 3.63) is 0 Å². The standard InChI is InChI=1S/C81H158O17P2/c1-8-9-10-11-12-13-14-15-16-17-18-19-20-21-22-23-28-34-43-50-57-64-80(85)97-76(68-91-78(83)62-55-48-41-33-29-24-26-31-38-45-52-59-72(2)3)70-95-99(87,88)93-66-75(82)67-94-100(89,90)96-71-77(69-92-79(84)63-56-49-42-37-36-40-47-54-61-74(6)7)98-81(86)65-58-51-44-35-30-25-27-32-39-46-53-60-73(4)5/h72-77,82H,8-71H2,1-7H3,(H,87,88)(H,89,90)/t75-,76-,77-/m1/s1. The number of esters is 4. The second-order valence-corrected chi connectivity index (χ2v) is 33.5. The third kappa shape index (κ3) is 74.3. The lowest BCUT2D eigenvalue weighted by molar-refractivity contribution is -0.161. The summed E-state index contributed by atoms with van der Waals surface area (Å²) >= 11 is 0. The number of phosphoric ester groups is 2. The highest BCUT2D eigenvalue weighted by Crippen LogP contribution is 2.45. The number of ether oxygens (including phenoxy) is 4. The van der Waals surface area contributed by atoms with Gasteiger partial charge in [0.25, 0.3) is 0 Å². The first-order valence-electron chi connectivity index (χ1n) is 41.8. The molecule has 0 aliphatic carbocycles. The molecule has 0 aliphatic heterocycles. The van der Waals surface area contributed by atoms with Gasteiger partial charge < -0.3 is 33.8 Å². The van der Waals surface area contributed by atoms with E-state index in [-0.39, 0.29) is 25.7 Å². The van der Waals surface area contributed by atoms with Gasteiger partial charge in [-0.05, 0) is 43.4 Å². The molecule has 0 heterocycles. The van der Waals surface area contributed by atoms with E-state index >= 15 is 0 Å². The number of unbranched alkanes of at least 4 members (excludes halogenated alkanes) is 47. The van der Waals surface area contributed by atoms with Crippen molar-refractivity contribution >= 4 is 39.5 Å². The molecule has 3 N–H and O–H groups in total. The second kappa shape index (κ2) is 71.3. The van der Waals surface area contributed by atoms with Crippen LogP contribution in [0.3, 0.4) is 0 Å². The number of aliphatic hydroxyl groups is 1. The average molecular weight is 1470 g/mol. The van der Waals surface area contributed by atoms with Gasteiger partial charge in [0, 0.05) is 25.7 Å². The van der Waals surface area contributed by atoms with Gasteiger partial charge in [-0.25, -0.2) is 9.13 Å². The molecule has 0 spiro atoms. The van der Waals surface area contributed by atoms with Gasteiger partial charge in [0.2, 0.25) is 0 Å². The maximum Gasteiger partial charge on any atom is 0.472 e. The summed E-state index contributed by atoms with van der Waals surface area (Å²) < 4.78 is 68.7. The summed E-state index contributed by atoms with van der Waals surface area (Å²) in [4.78, 5) is 73.0. The Kier molecular flexibility index (Phi) is 69.9. The Morgan fingerprint density at radius 3 is 0.680 bits per heavy atom. The number of hydrogen-bond acceptors (Lipinski definition) is 15. The lowest BCUT2D eigenvalue weighted by atomic mass is 10.0. The highest BCUT2D eigenvalue weighted by molar-refractivity contribution is 7.47. The highest BCUT2D eigenvalue weighted by atomic mass is 31.2. The molecular formula is C81H158O17P2. The van der Waals surface area contributed by atoms with Crippen molar-refractivity contribution < 1.29 is 80.2 Å². The summed E-state index contributed by atoms with van der Waals surface area (Å²) in [5, 5.41) is 10.6. The Morgan fingerprint density at radius 2 is 0.460 bits per heavy atom. The Morgan fingerprint density at radius 1 is 0.270 bits per heavy atom. The van der Waals surface area contributed by atoms with Crippen LogP contribution in [0.15, 0.2) is 0 Å². The van der Waals surface area contributed by atoms with E-state index in [2.05, 4.69) is 48.5 Å². The van der Waals surface area contributed by atoms with E-state index in [0.717, 1.165) is 108 Å². The van der Waals surface area contributed by atoms with Crippen molar-refractivity contribution in [1.29, 1.82) is 0 Å². The third-order valence-electron chi connectivity index (χ3n) is 18.9. The Balaban J connectivity index is 5.23. The second-order valence-electron chi connectivity index (χ2n) is 30.6. The van der Waals surface area contributed by atoms with E-state index in [1.54, 1.807) is 0 Å². The fourth-order valence-electron chi connectivity index (χ4n) is 12.5. The summed E-state index contributed by atoms with van der Waals surface area (Å²) in [6.07, 6.45) is 59.8. The van der Waals surface area contributed by atoms with Crippen molar-refractivity contribution in [2.24, 2.45) is 17.8 Å². The number of carbonyl (C=O) groups excluding carboxylic acids is 4. The van der Waals surface area contributed by atoms with Crippen LogP contribution in [-0.2, 0) is 65.4 Å². The van der Waals surface area contributed by atoms with E-state index < -0.39 is 97.5 Å². The topological polar surface area (TPSA) is 237 Å². The molecule has 0 radical (unpaired) electrons. The van der Waals surface area contributed by atoms with Crippen LogP contribution in [0, 0.1) is 17.8 Å². The predicted molar refractivity (Wildman–Crippen MR) is 409 cm³/mol. The molecular weight excluding hydrogens is 1310 g/mol. The summed E-state index contributed by atoms with van der Waals surface area (Å²) in [5.41, 5.74) is 0. The lowest BCUT2D eigenvalue weighted by Crippen LogP contribution is -2.30. The van der Waals surface area contributed by atoms with Crippen LogP contribution >= 0.6 is 15.6 Å². The number of phosphoric acid groups is 2. The maximum absolute atomic E-state index is 13.1. The quantitative estimate of drug-likeness (QED) is 0.0222. The fourth-order valence-corrected chi connectivity index (χ4v) is 14.1. The normalized spacial score (nSPS) is 14.0. The molecule has 0 aromatic heterocycles. The maximum atomic E-state index is 13.1. The zero-order valence-corrected chi connectivity index (χ0v) is 67.5. The molecule has 2 unspecified atom stereocenters. The number of hydrogen-bond donors (Lipinski definition) is 3. The van der Waals surface area contributed by atoms with Crippen LogP contribution in [-0.4, -0.2) is 96.7 Å². The van der Waals surface area contributed by atoms with Crippen LogP contribution in [0.5, 0.6) is 0 Å². The molecule has 594 valence electrons. The molecule has 0 aromatic rings. The largest absolute Gasteiger partial charge is 0.472 e. The molecule has 100 heavy (non-hydrogen) atoms. The first-order valence-corrected chi connectivity index (χ1v) is 44.8. The molecule has 0 amide bonds. The minimum Gasteiger partial charge on any atom is -0.462 e. The van der Waals surface area contributed by atoms with E-state index in [9.17, 15) is 43.2 Å². The van der Waals surface area contributed by atoms with E-state index in [1.807, 2.05) is 0 Å². The molecule has 0 bridgehead atoms. The molecule has 5 atom stereocenters. The van der Waals surface area contributed by atoms with Crippen molar-refractivity contribution in [3.63, 3.8) is 0 Å². The van der Waals surface area contributed by atoms with Crippen LogP contribution in [0.4, 0.5) is 0 Å². The predicted octanol–water partition coefficient (Wildman–Crippen LogP) is 24.1. The van der Waals surface area contributed by atoms with Crippen molar-refractivity contribution in [1.82, 2.24) is 0 Å². The molecule has 0 aromatic carbocycles. The van der Waals surface area contributed by atoms with Gasteiger partial charge in [0.15, 0.2) is 12.2 Å². The molecule has 0 rings (SSSR count). The summed E-state index contributed by atoms with van der Waals surface area (Å²) in [6.45, 7) is 11.9. The van der Waals surface area contributed by atoms with Gasteiger partial charge in [0.1, 0.15) is 19.3 Å². The molecule has 17 nitrogen and oxygen atoms in total. The summed E-state index contributed by atoms with van der Waals surface area (Å²) in [7, 11) is -9.92.